The lowest BCUT2D eigenvalue weighted by Gasteiger charge is -2.35. The van der Waals surface area contributed by atoms with E-state index in [0.29, 0.717) is 11.1 Å². The third-order valence-corrected chi connectivity index (χ3v) is 9.12. The van der Waals surface area contributed by atoms with Crippen LogP contribution in [0.25, 0.3) is 0 Å². The number of nitrogens with zero attached hydrogens (tertiary/aromatic N) is 1. The summed E-state index contributed by atoms with van der Waals surface area (Å²) in [7, 11) is 0. The molecule has 274 valence electrons. The number of hydrogen-bond acceptors (Lipinski definition) is 5. The van der Waals surface area contributed by atoms with Crippen molar-refractivity contribution < 1.29 is 23.9 Å². The zero-order chi connectivity index (χ0) is 38.2. The Morgan fingerprint density at radius 1 is 0.788 bits per heavy atom. The second kappa shape index (κ2) is 16.9. The predicted molar refractivity (Wildman–Crippen MR) is 208 cm³/mol. The van der Waals surface area contributed by atoms with Crippen LogP contribution < -0.4 is 10.2 Å². The van der Waals surface area contributed by atoms with Crippen LogP contribution in [-0.4, -0.2) is 28.3 Å². The molecule has 0 aliphatic heterocycles. The van der Waals surface area contributed by atoms with E-state index in [-0.39, 0.29) is 41.6 Å². The Balaban J connectivity index is 0.000000233. The highest BCUT2D eigenvalue weighted by molar-refractivity contribution is 5.99. The van der Waals surface area contributed by atoms with Crippen molar-refractivity contribution in [3.8, 4) is 11.5 Å². The van der Waals surface area contributed by atoms with Gasteiger partial charge in [0.05, 0.1) is 11.5 Å². The number of aryl methyl sites for hydroxylation is 3. The van der Waals surface area contributed by atoms with Crippen molar-refractivity contribution in [2.24, 2.45) is 17.3 Å². The second-order valence-corrected chi connectivity index (χ2v) is 15.4. The Hall–Kier alpha value is -5.17. The second-order valence-electron chi connectivity index (χ2n) is 15.4. The smallest absolute Gasteiger partial charge is 0.310 e. The Morgan fingerprint density at radius 2 is 1.40 bits per heavy atom. The molecule has 2 atom stereocenters. The summed E-state index contributed by atoms with van der Waals surface area (Å²) in [5.41, 5.74) is 8.67. The third-order valence-electron chi connectivity index (χ3n) is 9.12. The predicted octanol–water partition coefficient (Wildman–Crippen LogP) is 10.2. The molecule has 0 aromatic heterocycles. The van der Waals surface area contributed by atoms with Crippen LogP contribution in [0.3, 0.4) is 0 Å². The maximum Gasteiger partial charge on any atom is 0.310 e. The number of esters is 1. The number of carbonyl (C=O) groups is 3. The molecule has 4 aromatic carbocycles. The van der Waals surface area contributed by atoms with E-state index < -0.39 is 5.54 Å². The normalized spacial score (nSPS) is 15.7. The zero-order valence-electron chi connectivity index (χ0n) is 32.4. The number of amides is 2. The Labute approximate surface area is 310 Å². The number of para-hydroxylation sites is 1. The number of hydrogen-bond donors (Lipinski definition) is 1. The van der Waals surface area contributed by atoms with E-state index in [1.165, 1.54) is 16.1 Å². The molecular formula is C45H54N2O5. The number of ether oxygens (including phenoxy) is 2. The highest BCUT2D eigenvalue weighted by Crippen LogP contribution is 2.59. The summed E-state index contributed by atoms with van der Waals surface area (Å²) in [4.78, 5) is 38.2. The van der Waals surface area contributed by atoms with Gasteiger partial charge in [-0.2, -0.15) is 0 Å². The Bertz CT molecular complexity index is 1860. The van der Waals surface area contributed by atoms with Crippen molar-refractivity contribution in [2.75, 3.05) is 0 Å². The van der Waals surface area contributed by atoms with Gasteiger partial charge in [0.25, 0.3) is 11.8 Å². The standard InChI is InChI=1S/C23H26O3.C22H28N2O2/c1-16(2)13-20-21(23(20,3)4)22(24)25-15-17-9-8-12-19(14-17)26-18-10-6-5-7-11-18;1-7-17-8-10-18(11-9-17)20(25)23-24(22(4,5)6)21(26)19-13-15(2)12-16(3)14-19/h5-14,20-21H,15H2,1-4H3;8-14H,7H2,1-6H3,(H,23,25). The van der Waals surface area contributed by atoms with Crippen molar-refractivity contribution in [1.82, 2.24) is 10.4 Å². The van der Waals surface area contributed by atoms with Crippen molar-refractivity contribution >= 4 is 17.8 Å². The molecule has 5 rings (SSSR count). The molecule has 0 bridgehead atoms. The van der Waals surface area contributed by atoms with E-state index in [9.17, 15) is 14.4 Å². The molecule has 0 heterocycles. The van der Waals surface area contributed by atoms with Crippen LogP contribution in [-0.2, 0) is 22.6 Å². The summed E-state index contributed by atoms with van der Waals surface area (Å²) >= 11 is 0. The van der Waals surface area contributed by atoms with E-state index in [1.54, 1.807) is 12.1 Å². The molecule has 0 spiro atoms. The molecule has 1 fully saturated rings. The quantitative estimate of drug-likeness (QED) is 0.107. The lowest BCUT2D eigenvalue weighted by Crippen LogP contribution is -2.55. The summed E-state index contributed by atoms with van der Waals surface area (Å²) in [6, 6.07) is 30.4. The van der Waals surface area contributed by atoms with Crippen molar-refractivity contribution in [3.63, 3.8) is 0 Å². The largest absolute Gasteiger partial charge is 0.461 e. The van der Waals surface area contributed by atoms with E-state index >= 15 is 0 Å². The molecular weight excluding hydrogens is 649 g/mol. The van der Waals surface area contributed by atoms with Crippen LogP contribution in [0.15, 0.2) is 109 Å². The highest BCUT2D eigenvalue weighted by Gasteiger charge is 2.61. The highest BCUT2D eigenvalue weighted by atomic mass is 16.5. The van der Waals surface area contributed by atoms with Crippen molar-refractivity contribution in [3.05, 3.63) is 142 Å². The summed E-state index contributed by atoms with van der Waals surface area (Å²) in [6.45, 7) is 20.3. The van der Waals surface area contributed by atoms with E-state index in [0.717, 1.165) is 34.6 Å². The van der Waals surface area contributed by atoms with E-state index in [1.807, 2.05) is 120 Å². The molecule has 1 aliphatic rings. The lowest BCUT2D eigenvalue weighted by atomic mass is 10.0. The van der Waals surface area contributed by atoms with Gasteiger partial charge in [-0.15, -0.1) is 0 Å². The Morgan fingerprint density at radius 3 is 1.98 bits per heavy atom. The molecule has 4 aromatic rings. The van der Waals surface area contributed by atoms with Gasteiger partial charge >= 0.3 is 5.97 Å². The molecule has 0 radical (unpaired) electrons. The maximum absolute atomic E-state index is 13.1. The summed E-state index contributed by atoms with van der Waals surface area (Å²) in [5, 5.41) is 1.41. The first-order valence-corrected chi connectivity index (χ1v) is 18.0. The fourth-order valence-electron chi connectivity index (χ4n) is 6.17. The first-order chi connectivity index (χ1) is 24.5. The number of allylic oxidation sites excluding steroid dienone is 2. The van der Waals surface area contributed by atoms with Crippen LogP contribution in [0.4, 0.5) is 0 Å². The van der Waals surface area contributed by atoms with E-state index in [4.69, 9.17) is 9.47 Å². The summed E-state index contributed by atoms with van der Waals surface area (Å²) in [5.74, 6) is 1.11. The molecule has 2 unspecified atom stereocenters. The monoisotopic (exact) mass is 702 g/mol. The number of carbonyl (C=O) groups excluding carboxylic acids is 3. The van der Waals surface area contributed by atoms with Crippen molar-refractivity contribution in [2.45, 2.75) is 87.8 Å². The molecule has 52 heavy (non-hydrogen) atoms. The van der Waals surface area contributed by atoms with Gasteiger partial charge in [0.15, 0.2) is 0 Å². The average molecular weight is 703 g/mol. The first-order valence-electron chi connectivity index (χ1n) is 18.0. The fourth-order valence-corrected chi connectivity index (χ4v) is 6.17. The lowest BCUT2D eigenvalue weighted by molar-refractivity contribution is -0.147. The van der Waals surface area contributed by atoms with Gasteiger partial charge in [-0.25, -0.2) is 5.01 Å². The fraction of sp³-hybridized carbons (Fsp3) is 0.356. The number of benzene rings is 4. The van der Waals surface area contributed by atoms with Gasteiger partial charge in [0, 0.05) is 11.1 Å². The number of rotatable bonds is 9. The topological polar surface area (TPSA) is 84.9 Å². The molecule has 2 amide bonds. The molecule has 1 N–H and O–H groups in total. The van der Waals surface area contributed by atoms with Gasteiger partial charge in [-0.3, -0.25) is 19.8 Å². The molecule has 0 saturated heterocycles. The molecule has 1 saturated carbocycles. The van der Waals surface area contributed by atoms with Crippen molar-refractivity contribution in [1.29, 1.82) is 0 Å². The first kappa shape index (κ1) is 39.6. The minimum atomic E-state index is -0.562. The van der Waals surface area contributed by atoms with Gasteiger partial charge in [-0.05, 0) is 126 Å². The summed E-state index contributed by atoms with van der Waals surface area (Å²) in [6.07, 6.45) is 3.10. The Kier molecular flexibility index (Phi) is 12.9. The third kappa shape index (κ3) is 10.7. The van der Waals surface area contributed by atoms with Gasteiger partial charge in [0.2, 0.25) is 0 Å². The minimum Gasteiger partial charge on any atom is -0.461 e. The molecule has 7 nitrogen and oxygen atoms in total. The average Bonchev–Trinajstić information content (AvgIpc) is 3.63. The van der Waals surface area contributed by atoms with Crippen LogP contribution in [0.1, 0.15) is 98.4 Å². The van der Waals surface area contributed by atoms with Gasteiger partial charge in [-0.1, -0.05) is 92.1 Å². The van der Waals surface area contributed by atoms with E-state index in [2.05, 4.69) is 46.1 Å². The van der Waals surface area contributed by atoms with Gasteiger partial charge < -0.3 is 9.47 Å². The number of nitrogens with one attached hydrogen (secondary N) is 1. The minimum absolute atomic E-state index is 0.0212. The van der Waals surface area contributed by atoms with Crippen LogP contribution in [0.5, 0.6) is 11.5 Å². The summed E-state index contributed by atoms with van der Waals surface area (Å²) < 4.78 is 11.4. The maximum atomic E-state index is 13.1. The van der Waals surface area contributed by atoms with Crippen LogP contribution in [0.2, 0.25) is 0 Å². The zero-order valence-corrected chi connectivity index (χ0v) is 32.4. The SMILES string of the molecule is CC(C)=CC1C(C(=O)OCc2cccc(Oc3ccccc3)c2)C1(C)C.CCc1ccc(C(=O)NN(C(=O)c2cc(C)cc(C)c2)C(C)(C)C)cc1. The molecule has 1 aliphatic carbocycles. The van der Waals surface area contributed by atoms with Crippen LogP contribution in [0, 0.1) is 31.1 Å². The number of hydrazine groups is 1. The molecule has 7 heteroatoms. The van der Waals surface area contributed by atoms with Crippen LogP contribution >= 0.6 is 0 Å². The van der Waals surface area contributed by atoms with Gasteiger partial charge in [0.1, 0.15) is 18.1 Å².